The van der Waals surface area contributed by atoms with Crippen LogP contribution in [0.4, 0.5) is 0 Å². The number of rotatable bonds is 0. The van der Waals surface area contributed by atoms with Crippen molar-refractivity contribution in [3.63, 3.8) is 0 Å². The molecular weight excluding hydrogens is 168 g/mol. The summed E-state index contributed by atoms with van der Waals surface area (Å²) in [6.45, 7) is 0. The third-order valence-corrected chi connectivity index (χ3v) is 1.48. The van der Waals surface area contributed by atoms with Gasteiger partial charge < -0.3 is 4.42 Å². The van der Waals surface area contributed by atoms with E-state index in [-0.39, 0.29) is 14.9 Å². The van der Waals surface area contributed by atoms with E-state index in [1.807, 2.05) is 35.0 Å². The molecule has 0 saturated carbocycles. The van der Waals surface area contributed by atoms with Crippen LogP contribution >= 0.6 is 11.3 Å². The van der Waals surface area contributed by atoms with Crippen LogP contribution in [0.15, 0.2) is 52.0 Å². The van der Waals surface area contributed by atoms with Crippen LogP contribution in [0.25, 0.3) is 0 Å². The zero-order valence-corrected chi connectivity index (χ0v) is 6.25. The third kappa shape index (κ3) is 7.09. The van der Waals surface area contributed by atoms with Gasteiger partial charge in [0, 0.05) is 0 Å². The molecule has 0 aliphatic rings. The van der Waals surface area contributed by atoms with Gasteiger partial charge in [-0.2, -0.15) is 11.3 Å². The molecule has 2 aromatic rings. The Kier molecular flexibility index (Phi) is 11.3. The number of furan rings is 1. The standard InChI is InChI=1S/C4H4O.C4H4S.2CH4/c2*1-2-4-5-3-1;;/h2*1-4H;2*1H4. The molecule has 0 N–H and O–H groups in total. The highest BCUT2D eigenvalue weighted by atomic mass is 32.1. The van der Waals surface area contributed by atoms with Crippen LogP contribution in [0.2, 0.25) is 0 Å². The van der Waals surface area contributed by atoms with Crippen molar-refractivity contribution >= 4 is 11.3 Å². The molecule has 0 aliphatic carbocycles. The minimum Gasteiger partial charge on any atom is -0.473 e. The summed E-state index contributed by atoms with van der Waals surface area (Å²) in [5, 5.41) is 4.08. The molecule has 0 amide bonds. The zero-order chi connectivity index (χ0) is 7.07. The van der Waals surface area contributed by atoms with Crippen LogP contribution in [-0.4, -0.2) is 0 Å². The Balaban J connectivity index is 0. The molecule has 0 atom stereocenters. The molecule has 0 aromatic carbocycles. The predicted octanol–water partition coefficient (Wildman–Crippen LogP) is 4.30. The van der Waals surface area contributed by atoms with E-state index in [2.05, 4.69) is 4.42 Å². The number of thiophene rings is 1. The van der Waals surface area contributed by atoms with Gasteiger partial charge in [0.05, 0.1) is 12.5 Å². The minimum absolute atomic E-state index is 0. The molecule has 0 unspecified atom stereocenters. The molecule has 2 aromatic heterocycles. The Hall–Kier alpha value is -1.02. The lowest BCUT2D eigenvalue weighted by Gasteiger charge is -1.50. The molecule has 0 radical (unpaired) electrons. The van der Waals surface area contributed by atoms with Gasteiger partial charge in [-0.05, 0) is 22.9 Å². The van der Waals surface area contributed by atoms with Crippen molar-refractivity contribution in [1.29, 1.82) is 0 Å². The molecule has 2 heteroatoms. The van der Waals surface area contributed by atoms with Gasteiger partial charge in [0.15, 0.2) is 0 Å². The summed E-state index contributed by atoms with van der Waals surface area (Å²) in [6, 6.07) is 7.70. The van der Waals surface area contributed by atoms with E-state index in [4.69, 9.17) is 0 Å². The first kappa shape index (κ1) is 13.6. The molecule has 0 aliphatic heterocycles. The Labute approximate surface area is 78.7 Å². The van der Waals surface area contributed by atoms with E-state index in [0.717, 1.165) is 0 Å². The molecule has 68 valence electrons. The Morgan fingerprint density at radius 1 is 0.750 bits per heavy atom. The summed E-state index contributed by atoms with van der Waals surface area (Å²) in [5.41, 5.74) is 0. The molecule has 0 spiro atoms. The fourth-order valence-electron chi connectivity index (χ4n) is 0.454. The molecule has 0 fully saturated rings. The van der Waals surface area contributed by atoms with Crippen LogP contribution in [-0.2, 0) is 0 Å². The SMILES string of the molecule is C.C.c1ccoc1.c1ccsc1. The van der Waals surface area contributed by atoms with Gasteiger partial charge >= 0.3 is 0 Å². The van der Waals surface area contributed by atoms with Crippen molar-refractivity contribution in [1.82, 2.24) is 0 Å². The zero-order valence-electron chi connectivity index (χ0n) is 5.44. The molecule has 1 nitrogen and oxygen atoms in total. The second-order valence-corrected chi connectivity index (χ2v) is 2.40. The highest BCUT2D eigenvalue weighted by Crippen LogP contribution is 1.91. The van der Waals surface area contributed by atoms with Crippen LogP contribution in [0, 0.1) is 0 Å². The molecule has 0 bridgehead atoms. The topological polar surface area (TPSA) is 13.1 Å². The van der Waals surface area contributed by atoms with Crippen LogP contribution < -0.4 is 0 Å². The molecule has 12 heavy (non-hydrogen) atoms. The van der Waals surface area contributed by atoms with Crippen LogP contribution in [0.5, 0.6) is 0 Å². The highest BCUT2D eigenvalue weighted by molar-refractivity contribution is 7.07. The smallest absolute Gasteiger partial charge is 0.0902 e. The quantitative estimate of drug-likeness (QED) is 0.595. The lowest BCUT2D eigenvalue weighted by Crippen LogP contribution is -1.16. The van der Waals surface area contributed by atoms with E-state index in [0.29, 0.717) is 0 Å². The molecule has 2 rings (SSSR count). The summed E-state index contributed by atoms with van der Waals surface area (Å²) < 4.78 is 4.58. The van der Waals surface area contributed by atoms with Crippen LogP contribution in [0.1, 0.15) is 14.9 Å². The first-order chi connectivity index (χ1) is 5.00. The van der Waals surface area contributed by atoms with E-state index in [1.54, 1.807) is 23.9 Å². The van der Waals surface area contributed by atoms with Crippen molar-refractivity contribution in [3.8, 4) is 0 Å². The number of hydrogen-bond donors (Lipinski definition) is 0. The molecular formula is C10H16OS. The summed E-state index contributed by atoms with van der Waals surface area (Å²) in [4.78, 5) is 0. The summed E-state index contributed by atoms with van der Waals surface area (Å²) in [5.74, 6) is 0. The van der Waals surface area contributed by atoms with E-state index >= 15 is 0 Å². The third-order valence-electron chi connectivity index (χ3n) is 0.851. The second-order valence-electron chi connectivity index (χ2n) is 1.59. The lowest BCUT2D eigenvalue weighted by molar-refractivity contribution is 0.567. The van der Waals surface area contributed by atoms with Crippen molar-refractivity contribution in [2.75, 3.05) is 0 Å². The first-order valence-corrected chi connectivity index (χ1v) is 3.89. The summed E-state index contributed by atoms with van der Waals surface area (Å²) in [6.07, 6.45) is 3.25. The van der Waals surface area contributed by atoms with Crippen molar-refractivity contribution in [2.45, 2.75) is 14.9 Å². The molecule has 0 saturated heterocycles. The van der Waals surface area contributed by atoms with E-state index in [1.165, 1.54) is 0 Å². The van der Waals surface area contributed by atoms with Gasteiger partial charge in [0.25, 0.3) is 0 Å². The second kappa shape index (κ2) is 9.98. The van der Waals surface area contributed by atoms with Gasteiger partial charge in [0.2, 0.25) is 0 Å². The predicted molar refractivity (Wildman–Crippen MR) is 56.5 cm³/mol. The normalized spacial score (nSPS) is 6.67. The maximum atomic E-state index is 4.58. The van der Waals surface area contributed by atoms with Gasteiger partial charge in [-0.1, -0.05) is 27.0 Å². The van der Waals surface area contributed by atoms with Crippen molar-refractivity contribution < 1.29 is 4.42 Å². The minimum atomic E-state index is 0. The van der Waals surface area contributed by atoms with Gasteiger partial charge in [-0.25, -0.2) is 0 Å². The first-order valence-electron chi connectivity index (χ1n) is 2.94. The summed E-state index contributed by atoms with van der Waals surface area (Å²) >= 11 is 1.71. The van der Waals surface area contributed by atoms with Gasteiger partial charge in [-0.15, -0.1) is 0 Å². The Morgan fingerprint density at radius 3 is 1.42 bits per heavy atom. The average Bonchev–Trinajstić information content (AvgIpc) is 2.67. The maximum absolute atomic E-state index is 4.58. The largest absolute Gasteiger partial charge is 0.473 e. The van der Waals surface area contributed by atoms with Crippen LogP contribution in [0.3, 0.4) is 0 Å². The van der Waals surface area contributed by atoms with Gasteiger partial charge in [-0.3, -0.25) is 0 Å². The average molecular weight is 184 g/mol. The fraction of sp³-hybridized carbons (Fsp3) is 0.200. The van der Waals surface area contributed by atoms with E-state index in [9.17, 15) is 0 Å². The fourth-order valence-corrected chi connectivity index (χ4v) is 0.907. The Morgan fingerprint density at radius 2 is 1.25 bits per heavy atom. The Bertz CT molecular complexity index is 149. The van der Waals surface area contributed by atoms with Gasteiger partial charge in [0.1, 0.15) is 0 Å². The maximum Gasteiger partial charge on any atom is 0.0902 e. The molecule has 2 heterocycles. The van der Waals surface area contributed by atoms with Crippen molar-refractivity contribution in [3.05, 3.63) is 47.6 Å². The monoisotopic (exact) mass is 184 g/mol. The highest BCUT2D eigenvalue weighted by Gasteiger charge is 1.59. The summed E-state index contributed by atoms with van der Waals surface area (Å²) in [7, 11) is 0. The number of hydrogen-bond acceptors (Lipinski definition) is 2. The van der Waals surface area contributed by atoms with E-state index < -0.39 is 0 Å². The van der Waals surface area contributed by atoms with Crippen molar-refractivity contribution in [2.24, 2.45) is 0 Å². The lowest BCUT2D eigenvalue weighted by atomic mass is 10.7.